The van der Waals surface area contributed by atoms with Gasteiger partial charge in [0.2, 0.25) is 0 Å². The highest BCUT2D eigenvalue weighted by Gasteiger charge is 2.06. The van der Waals surface area contributed by atoms with E-state index in [0.29, 0.717) is 0 Å². The fourth-order valence-electron chi connectivity index (χ4n) is 1.91. The van der Waals surface area contributed by atoms with E-state index in [1.807, 2.05) is 17.5 Å². The number of nitrogens with zero attached hydrogens (tertiary/aromatic N) is 2. The number of rotatable bonds is 5. The number of H-pyrrole nitrogens is 1. The quantitative estimate of drug-likeness (QED) is 0.766. The first kappa shape index (κ1) is 12.1. The Balaban J connectivity index is 1.56. The van der Waals surface area contributed by atoms with Crippen LogP contribution in [0.15, 0.2) is 47.2 Å². The smallest absolute Gasteiger partial charge is 0.181 e. The lowest BCUT2D eigenvalue weighted by atomic mass is 10.1. The van der Waals surface area contributed by atoms with Crippen molar-refractivity contribution >= 4 is 11.3 Å². The molecular weight excluding hydrogens is 254 g/mol. The predicted octanol–water partition coefficient (Wildman–Crippen LogP) is 3.72. The van der Waals surface area contributed by atoms with Crippen molar-refractivity contribution in [1.82, 2.24) is 15.2 Å². The summed E-state index contributed by atoms with van der Waals surface area (Å²) in [6.07, 6.45) is 4.08. The molecule has 0 unspecified atom stereocenters. The average Bonchev–Trinajstić information content (AvgIpc) is 3.10. The number of hydrogen-bond acceptors (Lipinski definition) is 3. The standard InChI is InChI=1S/C15H14N3S/c1-2-5-12(6-3-1)7-4-8-14-16-15(18-17-14)13-9-10-19-11-13/h1-3,5-6,8-11H,4,7H2,(H,16,17,18). The van der Waals surface area contributed by atoms with E-state index < -0.39 is 0 Å². The third-order valence-corrected chi connectivity index (χ3v) is 3.58. The summed E-state index contributed by atoms with van der Waals surface area (Å²) >= 11 is 1.65. The molecule has 0 aliphatic carbocycles. The zero-order valence-electron chi connectivity index (χ0n) is 10.4. The van der Waals surface area contributed by atoms with Crippen LogP contribution in [0.1, 0.15) is 17.8 Å². The molecule has 0 aliphatic heterocycles. The lowest BCUT2D eigenvalue weighted by Crippen LogP contribution is -1.89. The second-order valence-corrected chi connectivity index (χ2v) is 5.06. The van der Waals surface area contributed by atoms with Crippen LogP contribution in [0.2, 0.25) is 0 Å². The maximum absolute atomic E-state index is 4.47. The molecule has 3 aromatic rings. The van der Waals surface area contributed by atoms with Gasteiger partial charge < -0.3 is 0 Å². The first-order valence-electron chi connectivity index (χ1n) is 6.24. The number of benzene rings is 1. The van der Waals surface area contributed by atoms with Gasteiger partial charge in [0.25, 0.3) is 0 Å². The highest BCUT2D eigenvalue weighted by Crippen LogP contribution is 2.18. The predicted molar refractivity (Wildman–Crippen MR) is 77.9 cm³/mol. The zero-order chi connectivity index (χ0) is 12.9. The Hall–Kier alpha value is -1.94. The van der Waals surface area contributed by atoms with Crippen molar-refractivity contribution in [2.24, 2.45) is 0 Å². The van der Waals surface area contributed by atoms with Crippen LogP contribution in [0.5, 0.6) is 0 Å². The Kier molecular flexibility index (Phi) is 3.70. The SMILES string of the molecule is [CH](CCc1ccccc1)c1nc(-c2ccsc2)n[nH]1. The van der Waals surface area contributed by atoms with E-state index in [1.165, 1.54) is 5.56 Å². The highest BCUT2D eigenvalue weighted by molar-refractivity contribution is 7.08. The molecule has 1 radical (unpaired) electrons. The summed E-state index contributed by atoms with van der Waals surface area (Å²) in [5.41, 5.74) is 2.42. The molecule has 0 bridgehead atoms. The van der Waals surface area contributed by atoms with Gasteiger partial charge in [0, 0.05) is 17.4 Å². The fraction of sp³-hybridized carbons (Fsp3) is 0.133. The molecule has 0 saturated carbocycles. The van der Waals surface area contributed by atoms with Gasteiger partial charge >= 0.3 is 0 Å². The van der Waals surface area contributed by atoms with E-state index >= 15 is 0 Å². The topological polar surface area (TPSA) is 41.6 Å². The maximum atomic E-state index is 4.47. The Labute approximate surface area is 116 Å². The van der Waals surface area contributed by atoms with Gasteiger partial charge in [-0.05, 0) is 29.9 Å². The lowest BCUT2D eigenvalue weighted by Gasteiger charge is -1.98. The minimum atomic E-state index is 0.771. The van der Waals surface area contributed by atoms with Crippen LogP contribution in [-0.2, 0) is 6.42 Å². The van der Waals surface area contributed by atoms with Gasteiger partial charge in [0.1, 0.15) is 5.82 Å². The van der Waals surface area contributed by atoms with Crippen molar-refractivity contribution in [3.63, 3.8) is 0 Å². The van der Waals surface area contributed by atoms with Crippen LogP contribution >= 0.6 is 11.3 Å². The van der Waals surface area contributed by atoms with Crippen LogP contribution in [-0.4, -0.2) is 15.2 Å². The molecule has 0 fully saturated rings. The van der Waals surface area contributed by atoms with Crippen LogP contribution in [0.25, 0.3) is 11.4 Å². The second-order valence-electron chi connectivity index (χ2n) is 4.28. The number of aromatic nitrogens is 3. The van der Waals surface area contributed by atoms with Crippen molar-refractivity contribution in [2.75, 3.05) is 0 Å². The normalized spacial score (nSPS) is 10.7. The molecule has 1 N–H and O–H groups in total. The number of aryl methyl sites for hydroxylation is 1. The number of aromatic amines is 1. The van der Waals surface area contributed by atoms with Crippen LogP contribution in [0, 0.1) is 6.42 Å². The van der Waals surface area contributed by atoms with Crippen LogP contribution in [0.3, 0.4) is 0 Å². The molecule has 95 valence electrons. The van der Waals surface area contributed by atoms with Gasteiger partial charge in [0.05, 0.1) is 0 Å². The monoisotopic (exact) mass is 268 g/mol. The summed E-state index contributed by atoms with van der Waals surface area (Å²) < 4.78 is 0. The van der Waals surface area contributed by atoms with Crippen molar-refractivity contribution in [3.8, 4) is 11.4 Å². The van der Waals surface area contributed by atoms with E-state index in [-0.39, 0.29) is 0 Å². The summed E-state index contributed by atoms with van der Waals surface area (Å²) in [6, 6.07) is 12.5. The minimum absolute atomic E-state index is 0.771. The Bertz CT molecular complexity index is 614. The molecule has 3 rings (SSSR count). The van der Waals surface area contributed by atoms with Crippen molar-refractivity contribution in [2.45, 2.75) is 12.8 Å². The number of nitrogens with one attached hydrogen (secondary N) is 1. The molecule has 2 aromatic heterocycles. The highest BCUT2D eigenvalue weighted by atomic mass is 32.1. The van der Waals surface area contributed by atoms with E-state index in [0.717, 1.165) is 30.1 Å². The largest absolute Gasteiger partial charge is 0.262 e. The van der Waals surface area contributed by atoms with Crippen LogP contribution < -0.4 is 0 Å². The molecule has 0 saturated heterocycles. The second kappa shape index (κ2) is 5.80. The third-order valence-electron chi connectivity index (χ3n) is 2.90. The van der Waals surface area contributed by atoms with Crippen molar-refractivity contribution in [3.05, 3.63) is 65.0 Å². The first-order valence-corrected chi connectivity index (χ1v) is 7.18. The minimum Gasteiger partial charge on any atom is -0.262 e. The van der Waals surface area contributed by atoms with Crippen molar-refractivity contribution < 1.29 is 0 Å². The molecule has 0 atom stereocenters. The molecule has 3 nitrogen and oxygen atoms in total. The summed E-state index contributed by atoms with van der Waals surface area (Å²) in [7, 11) is 0. The van der Waals surface area contributed by atoms with Gasteiger partial charge in [-0.2, -0.15) is 16.4 Å². The molecule has 2 heterocycles. The van der Waals surface area contributed by atoms with E-state index in [9.17, 15) is 0 Å². The molecule has 19 heavy (non-hydrogen) atoms. The van der Waals surface area contributed by atoms with Gasteiger partial charge in [-0.15, -0.1) is 0 Å². The van der Waals surface area contributed by atoms with E-state index in [4.69, 9.17) is 0 Å². The summed E-state index contributed by atoms with van der Waals surface area (Å²) in [4.78, 5) is 4.47. The van der Waals surface area contributed by atoms with Crippen LogP contribution in [0.4, 0.5) is 0 Å². The fourth-order valence-corrected chi connectivity index (χ4v) is 2.54. The van der Waals surface area contributed by atoms with Gasteiger partial charge in [-0.25, -0.2) is 4.98 Å². The molecule has 4 heteroatoms. The number of hydrogen-bond donors (Lipinski definition) is 1. The average molecular weight is 268 g/mol. The van der Waals surface area contributed by atoms with Gasteiger partial charge in [0.15, 0.2) is 5.82 Å². The maximum Gasteiger partial charge on any atom is 0.181 e. The van der Waals surface area contributed by atoms with Crippen molar-refractivity contribution in [1.29, 1.82) is 0 Å². The molecule has 1 aromatic carbocycles. The first-order chi connectivity index (χ1) is 9.42. The zero-order valence-corrected chi connectivity index (χ0v) is 11.2. The van der Waals surface area contributed by atoms with Gasteiger partial charge in [-0.1, -0.05) is 30.3 Å². The Morgan fingerprint density at radius 1 is 1.16 bits per heavy atom. The molecule has 0 amide bonds. The summed E-state index contributed by atoms with van der Waals surface area (Å²) in [6.45, 7) is 0. The van der Waals surface area contributed by atoms with Gasteiger partial charge in [-0.3, -0.25) is 5.10 Å². The Morgan fingerprint density at radius 2 is 2.05 bits per heavy atom. The van der Waals surface area contributed by atoms with E-state index in [1.54, 1.807) is 11.3 Å². The molecule has 0 aliphatic rings. The lowest BCUT2D eigenvalue weighted by molar-refractivity contribution is 0.910. The number of thiophene rings is 1. The Morgan fingerprint density at radius 3 is 2.84 bits per heavy atom. The third kappa shape index (κ3) is 3.09. The summed E-state index contributed by atoms with van der Waals surface area (Å²) in [5, 5.41) is 11.3. The molecular formula is C15H14N3S. The van der Waals surface area contributed by atoms with E-state index in [2.05, 4.69) is 51.2 Å². The molecule has 0 spiro atoms. The summed E-state index contributed by atoms with van der Waals surface area (Å²) in [5.74, 6) is 1.62.